The number of fused-ring (bicyclic) bond motifs is 1. The van der Waals surface area contributed by atoms with Gasteiger partial charge in [0, 0.05) is 17.8 Å². The molecule has 2 aliphatic rings. The van der Waals surface area contributed by atoms with Gasteiger partial charge in [-0.2, -0.15) is 0 Å². The normalized spacial score (nSPS) is 22.3. The Morgan fingerprint density at radius 1 is 1.38 bits per heavy atom. The van der Waals surface area contributed by atoms with Gasteiger partial charge in [0.15, 0.2) is 0 Å². The predicted octanol–water partition coefficient (Wildman–Crippen LogP) is 0.106. The summed E-state index contributed by atoms with van der Waals surface area (Å²) in [6.07, 6.45) is 2.71. The molecule has 2 unspecified atom stereocenters. The predicted molar refractivity (Wildman–Crippen MR) is 87.3 cm³/mol. The molecule has 0 spiro atoms. The summed E-state index contributed by atoms with van der Waals surface area (Å²) in [6.45, 7) is 0.198. The lowest BCUT2D eigenvalue weighted by atomic mass is 10.1. The maximum Gasteiger partial charge on any atom is 0.320 e. The van der Waals surface area contributed by atoms with Gasteiger partial charge < -0.3 is 26.2 Å². The van der Waals surface area contributed by atoms with Gasteiger partial charge in [-0.3, -0.25) is 14.4 Å². The van der Waals surface area contributed by atoms with Gasteiger partial charge in [0.05, 0.1) is 11.7 Å². The maximum atomic E-state index is 12.1. The van der Waals surface area contributed by atoms with Crippen molar-refractivity contribution in [2.75, 3.05) is 18.5 Å². The quantitative estimate of drug-likeness (QED) is 0.574. The zero-order chi connectivity index (χ0) is 17.3. The molecule has 1 aliphatic heterocycles. The number of aliphatic carboxylic acids is 1. The number of ether oxygens (including phenoxy) is 1. The van der Waals surface area contributed by atoms with Gasteiger partial charge in [0.1, 0.15) is 17.6 Å². The fourth-order valence-corrected chi connectivity index (χ4v) is 4.44. The highest BCUT2D eigenvalue weighted by molar-refractivity contribution is 7.17. The van der Waals surface area contributed by atoms with Gasteiger partial charge in [-0.15, -0.1) is 11.3 Å². The van der Waals surface area contributed by atoms with Crippen molar-refractivity contribution >= 4 is 34.1 Å². The van der Waals surface area contributed by atoms with E-state index < -0.39 is 17.9 Å². The fraction of sp³-hybridized carbons (Fsp3) is 0.533. The van der Waals surface area contributed by atoms with Crippen molar-refractivity contribution < 1.29 is 24.2 Å². The smallest absolute Gasteiger partial charge is 0.320 e. The first-order valence-electron chi connectivity index (χ1n) is 7.77. The van der Waals surface area contributed by atoms with Crippen LogP contribution in [0.2, 0.25) is 0 Å². The summed E-state index contributed by atoms with van der Waals surface area (Å²) in [4.78, 5) is 35.7. The molecule has 130 valence electrons. The van der Waals surface area contributed by atoms with Gasteiger partial charge >= 0.3 is 5.97 Å². The lowest BCUT2D eigenvalue weighted by molar-refractivity contribution is -0.139. The average Bonchev–Trinajstić information content (AvgIpc) is 3.19. The van der Waals surface area contributed by atoms with Crippen LogP contribution in [0.1, 0.15) is 33.6 Å². The van der Waals surface area contributed by atoms with E-state index in [4.69, 9.17) is 15.6 Å². The highest BCUT2D eigenvalue weighted by Crippen LogP contribution is 2.38. The SMILES string of the molecule is NC(=O)c1c(NC(=O)COC2CNC(C(=O)O)C2)sc2c1CCC2. The molecule has 3 rings (SSSR count). The summed E-state index contributed by atoms with van der Waals surface area (Å²) >= 11 is 1.39. The van der Waals surface area contributed by atoms with Crippen LogP contribution in [0.3, 0.4) is 0 Å². The number of anilines is 1. The monoisotopic (exact) mass is 353 g/mol. The molecule has 1 fully saturated rings. The van der Waals surface area contributed by atoms with Crippen molar-refractivity contribution in [1.82, 2.24) is 5.32 Å². The molecule has 2 heterocycles. The topological polar surface area (TPSA) is 131 Å². The zero-order valence-electron chi connectivity index (χ0n) is 13.0. The molecule has 1 aromatic heterocycles. The van der Waals surface area contributed by atoms with Gasteiger partial charge in [-0.25, -0.2) is 0 Å². The third-order valence-corrected chi connectivity index (χ3v) is 5.47. The van der Waals surface area contributed by atoms with Gasteiger partial charge in [-0.1, -0.05) is 0 Å². The summed E-state index contributed by atoms with van der Waals surface area (Å²) in [5.74, 6) is -1.84. The van der Waals surface area contributed by atoms with E-state index in [1.165, 1.54) is 11.3 Å². The Balaban J connectivity index is 1.56. The second-order valence-corrected chi connectivity index (χ2v) is 7.05. The maximum absolute atomic E-state index is 12.1. The Morgan fingerprint density at radius 3 is 2.83 bits per heavy atom. The zero-order valence-corrected chi connectivity index (χ0v) is 13.8. The molecule has 1 saturated heterocycles. The first-order valence-corrected chi connectivity index (χ1v) is 8.59. The number of thiophene rings is 1. The molecule has 9 heteroatoms. The van der Waals surface area contributed by atoms with Crippen LogP contribution < -0.4 is 16.4 Å². The molecule has 0 bridgehead atoms. The first-order chi connectivity index (χ1) is 11.5. The number of carboxylic acids is 1. The second kappa shape index (κ2) is 6.88. The highest BCUT2D eigenvalue weighted by Gasteiger charge is 2.30. The van der Waals surface area contributed by atoms with Crippen LogP contribution in [0.5, 0.6) is 0 Å². The molecule has 1 aliphatic carbocycles. The number of hydrogen-bond donors (Lipinski definition) is 4. The van der Waals surface area contributed by atoms with Crippen LogP contribution in [-0.2, 0) is 27.2 Å². The molecule has 5 N–H and O–H groups in total. The van der Waals surface area contributed by atoms with Crippen molar-refractivity contribution in [2.24, 2.45) is 5.73 Å². The van der Waals surface area contributed by atoms with Crippen LogP contribution in [0.4, 0.5) is 5.00 Å². The third-order valence-electron chi connectivity index (χ3n) is 4.26. The number of carbonyl (C=O) groups excluding carboxylic acids is 2. The Bertz CT molecular complexity index is 687. The molecular weight excluding hydrogens is 334 g/mol. The minimum absolute atomic E-state index is 0.195. The Kier molecular flexibility index (Phi) is 4.83. The Morgan fingerprint density at radius 2 is 2.17 bits per heavy atom. The summed E-state index contributed by atoms with van der Waals surface area (Å²) in [6, 6.07) is -0.639. The van der Waals surface area contributed by atoms with E-state index in [-0.39, 0.29) is 18.6 Å². The highest BCUT2D eigenvalue weighted by atomic mass is 32.1. The molecule has 24 heavy (non-hydrogen) atoms. The van der Waals surface area contributed by atoms with Crippen molar-refractivity contribution in [3.8, 4) is 0 Å². The standard InChI is InChI=1S/C15H19N3O5S/c16-13(20)12-8-2-1-3-10(8)24-14(12)18-11(19)6-23-7-4-9(15(21)22)17-5-7/h7,9,17H,1-6H2,(H2,16,20)(H,18,19)(H,21,22). The van der Waals surface area contributed by atoms with Crippen molar-refractivity contribution in [1.29, 1.82) is 0 Å². The third kappa shape index (κ3) is 3.42. The van der Waals surface area contributed by atoms with Crippen LogP contribution in [0.15, 0.2) is 0 Å². The summed E-state index contributed by atoms with van der Waals surface area (Å²) in [5, 5.41) is 14.9. The van der Waals surface area contributed by atoms with E-state index in [2.05, 4.69) is 10.6 Å². The van der Waals surface area contributed by atoms with Crippen LogP contribution in [-0.4, -0.2) is 48.2 Å². The number of primary amides is 1. The summed E-state index contributed by atoms with van der Waals surface area (Å²) in [5.41, 5.74) is 6.81. The number of hydrogen-bond acceptors (Lipinski definition) is 6. The molecule has 0 aromatic carbocycles. The van der Waals surface area contributed by atoms with E-state index in [0.717, 1.165) is 29.7 Å². The molecule has 2 atom stereocenters. The number of carbonyl (C=O) groups is 3. The minimum atomic E-state index is -0.926. The largest absolute Gasteiger partial charge is 0.480 e. The second-order valence-electron chi connectivity index (χ2n) is 5.94. The van der Waals surface area contributed by atoms with Gasteiger partial charge in [0.25, 0.3) is 11.8 Å². The van der Waals surface area contributed by atoms with E-state index in [1.54, 1.807) is 0 Å². The number of amides is 2. The summed E-state index contributed by atoms with van der Waals surface area (Å²) in [7, 11) is 0. The number of nitrogens with one attached hydrogen (secondary N) is 2. The Hall–Kier alpha value is -1.97. The van der Waals surface area contributed by atoms with Gasteiger partial charge in [-0.05, 0) is 24.8 Å². The molecule has 1 aromatic rings. The van der Waals surface area contributed by atoms with E-state index >= 15 is 0 Å². The van der Waals surface area contributed by atoms with E-state index in [9.17, 15) is 14.4 Å². The van der Waals surface area contributed by atoms with Crippen molar-refractivity contribution in [3.63, 3.8) is 0 Å². The fourth-order valence-electron chi connectivity index (χ4n) is 3.13. The van der Waals surface area contributed by atoms with Crippen LogP contribution >= 0.6 is 11.3 Å². The number of aryl methyl sites for hydroxylation is 1. The minimum Gasteiger partial charge on any atom is -0.480 e. The van der Waals surface area contributed by atoms with Crippen molar-refractivity contribution in [2.45, 2.75) is 37.8 Å². The van der Waals surface area contributed by atoms with E-state index in [1.807, 2.05) is 0 Å². The molecule has 2 amide bonds. The van der Waals surface area contributed by atoms with Gasteiger partial charge in [0.2, 0.25) is 0 Å². The number of rotatable bonds is 6. The van der Waals surface area contributed by atoms with E-state index in [0.29, 0.717) is 23.5 Å². The molecule has 8 nitrogen and oxygen atoms in total. The lowest BCUT2D eigenvalue weighted by Gasteiger charge is -2.11. The average molecular weight is 353 g/mol. The molecule has 0 radical (unpaired) electrons. The lowest BCUT2D eigenvalue weighted by Crippen LogP contribution is -2.30. The number of nitrogens with two attached hydrogens (primary N) is 1. The van der Waals surface area contributed by atoms with Crippen LogP contribution in [0, 0.1) is 0 Å². The Labute approximate surface area is 142 Å². The van der Waals surface area contributed by atoms with Crippen LogP contribution in [0.25, 0.3) is 0 Å². The molecule has 0 saturated carbocycles. The summed E-state index contributed by atoms with van der Waals surface area (Å²) < 4.78 is 5.45. The molecular formula is C15H19N3O5S. The van der Waals surface area contributed by atoms with Crippen molar-refractivity contribution in [3.05, 3.63) is 16.0 Å². The first kappa shape index (κ1) is 16.9. The number of carboxylic acid groups (broad SMARTS) is 1.